The molecule has 104 valence electrons. The number of hydrogen-bond donors (Lipinski definition) is 0. The summed E-state index contributed by atoms with van der Waals surface area (Å²) < 4.78 is 0. The highest BCUT2D eigenvalue weighted by atomic mass is 35.5. The van der Waals surface area contributed by atoms with Gasteiger partial charge >= 0.3 is 0 Å². The number of hydrogen-bond acceptors (Lipinski definition) is 3. The van der Waals surface area contributed by atoms with Crippen LogP contribution in [0, 0.1) is 5.92 Å². The highest BCUT2D eigenvalue weighted by Crippen LogP contribution is 2.14. The second-order valence-electron chi connectivity index (χ2n) is 5.11. The number of halogens is 1. The Morgan fingerprint density at radius 2 is 2.17 bits per heavy atom. The molecule has 0 aliphatic heterocycles. The first-order valence-corrected chi connectivity index (χ1v) is 8.28. The van der Waals surface area contributed by atoms with Gasteiger partial charge in [-0.3, -0.25) is 0 Å². The molecule has 4 heteroatoms. The number of unbranched alkanes of at least 4 members (excludes halogenated alkanes) is 1. The van der Waals surface area contributed by atoms with Crippen LogP contribution in [0.15, 0.2) is 5.38 Å². The summed E-state index contributed by atoms with van der Waals surface area (Å²) in [5.41, 5.74) is 1.02. The smallest absolute Gasteiger partial charge is 0.0928 e. The maximum Gasteiger partial charge on any atom is 0.0928 e. The van der Waals surface area contributed by atoms with Crippen molar-refractivity contribution < 1.29 is 0 Å². The van der Waals surface area contributed by atoms with E-state index in [2.05, 4.69) is 36.0 Å². The van der Waals surface area contributed by atoms with Crippen LogP contribution in [0.4, 0.5) is 0 Å². The number of aromatic nitrogens is 1. The lowest BCUT2D eigenvalue weighted by Gasteiger charge is -2.22. The lowest BCUT2D eigenvalue weighted by atomic mass is 10.2. The van der Waals surface area contributed by atoms with E-state index in [-0.39, 0.29) is 0 Å². The molecule has 0 atom stereocenters. The molecule has 0 aromatic carbocycles. The summed E-state index contributed by atoms with van der Waals surface area (Å²) in [7, 11) is 0. The maximum absolute atomic E-state index is 5.75. The summed E-state index contributed by atoms with van der Waals surface area (Å²) in [6, 6.07) is 0. The molecule has 0 amide bonds. The molecule has 0 aliphatic rings. The van der Waals surface area contributed by atoms with E-state index >= 15 is 0 Å². The van der Waals surface area contributed by atoms with Crippen LogP contribution in [-0.2, 0) is 12.3 Å². The molecule has 0 saturated carbocycles. The van der Waals surface area contributed by atoms with Gasteiger partial charge in [0.15, 0.2) is 0 Å². The van der Waals surface area contributed by atoms with Crippen LogP contribution >= 0.6 is 22.9 Å². The fraction of sp³-hybridized carbons (Fsp3) is 0.786. The van der Waals surface area contributed by atoms with Crippen LogP contribution in [0.2, 0.25) is 0 Å². The summed E-state index contributed by atoms with van der Waals surface area (Å²) in [6.45, 7) is 10.4. The highest BCUT2D eigenvalue weighted by Gasteiger charge is 2.05. The molecule has 1 heterocycles. The number of thiazole rings is 1. The van der Waals surface area contributed by atoms with E-state index in [1.807, 2.05) is 0 Å². The van der Waals surface area contributed by atoms with Crippen molar-refractivity contribution >= 4 is 22.9 Å². The van der Waals surface area contributed by atoms with Gasteiger partial charge in [-0.15, -0.1) is 22.9 Å². The Morgan fingerprint density at radius 1 is 1.39 bits per heavy atom. The molecule has 1 aromatic heterocycles. The largest absolute Gasteiger partial charge is 0.303 e. The molecular formula is C14H25ClN2S. The Balaban J connectivity index is 2.17. The minimum Gasteiger partial charge on any atom is -0.303 e. The van der Waals surface area contributed by atoms with Crippen molar-refractivity contribution in [3.63, 3.8) is 0 Å². The molecule has 1 rings (SSSR count). The van der Waals surface area contributed by atoms with Crippen LogP contribution in [-0.4, -0.2) is 29.5 Å². The van der Waals surface area contributed by atoms with Gasteiger partial charge in [-0.25, -0.2) is 4.98 Å². The molecule has 18 heavy (non-hydrogen) atoms. The van der Waals surface area contributed by atoms with E-state index in [0.29, 0.717) is 5.88 Å². The van der Waals surface area contributed by atoms with E-state index in [1.54, 1.807) is 11.3 Å². The zero-order valence-electron chi connectivity index (χ0n) is 11.8. The average Bonchev–Trinajstić information content (AvgIpc) is 2.80. The summed E-state index contributed by atoms with van der Waals surface area (Å²) in [5, 5.41) is 3.30. The van der Waals surface area contributed by atoms with E-state index in [9.17, 15) is 0 Å². The molecule has 0 fully saturated rings. The lowest BCUT2D eigenvalue weighted by molar-refractivity contribution is 0.251. The molecule has 0 bridgehead atoms. The summed E-state index contributed by atoms with van der Waals surface area (Å²) >= 11 is 7.49. The number of rotatable bonds is 9. The second-order valence-corrected chi connectivity index (χ2v) is 6.32. The first-order valence-electron chi connectivity index (χ1n) is 6.87. The minimum absolute atomic E-state index is 0.536. The third kappa shape index (κ3) is 6.17. The Labute approximate surface area is 120 Å². The van der Waals surface area contributed by atoms with Gasteiger partial charge in [0.05, 0.1) is 16.6 Å². The van der Waals surface area contributed by atoms with Crippen molar-refractivity contribution in [1.29, 1.82) is 0 Å². The van der Waals surface area contributed by atoms with Gasteiger partial charge in [-0.05, 0) is 38.3 Å². The van der Waals surface area contributed by atoms with Crippen molar-refractivity contribution in [1.82, 2.24) is 9.88 Å². The van der Waals surface area contributed by atoms with Crippen LogP contribution in [0.25, 0.3) is 0 Å². The predicted molar refractivity (Wildman–Crippen MR) is 81.6 cm³/mol. The SMILES string of the molecule is CCN(CCCCc1nc(CCl)cs1)CC(C)C. The van der Waals surface area contributed by atoms with Gasteiger partial charge in [0, 0.05) is 11.9 Å². The molecule has 0 N–H and O–H groups in total. The fourth-order valence-electron chi connectivity index (χ4n) is 2.03. The monoisotopic (exact) mass is 288 g/mol. The van der Waals surface area contributed by atoms with Gasteiger partial charge in [0.25, 0.3) is 0 Å². The summed E-state index contributed by atoms with van der Waals surface area (Å²) in [5.74, 6) is 1.30. The minimum atomic E-state index is 0.536. The zero-order chi connectivity index (χ0) is 13.4. The molecule has 0 aliphatic carbocycles. The Bertz CT molecular complexity index is 325. The highest BCUT2D eigenvalue weighted by molar-refractivity contribution is 7.09. The topological polar surface area (TPSA) is 16.1 Å². The number of nitrogens with zero attached hydrogens (tertiary/aromatic N) is 2. The van der Waals surface area contributed by atoms with Gasteiger partial charge < -0.3 is 4.90 Å². The standard InChI is InChI=1S/C14H25ClN2S/c1-4-17(10-12(2)3)8-6-5-7-14-16-13(9-15)11-18-14/h11-12H,4-10H2,1-3H3. The third-order valence-corrected chi connectivity index (χ3v) is 4.15. The van der Waals surface area contributed by atoms with Gasteiger partial charge in [0.2, 0.25) is 0 Å². The second kappa shape index (κ2) is 8.89. The number of alkyl halides is 1. The van der Waals surface area contributed by atoms with Crippen molar-refractivity contribution in [2.45, 2.75) is 45.9 Å². The maximum atomic E-state index is 5.75. The molecule has 0 unspecified atom stereocenters. The zero-order valence-corrected chi connectivity index (χ0v) is 13.4. The van der Waals surface area contributed by atoms with Crippen LogP contribution in [0.1, 0.15) is 44.3 Å². The molecule has 2 nitrogen and oxygen atoms in total. The van der Waals surface area contributed by atoms with Crippen LogP contribution in [0.3, 0.4) is 0 Å². The van der Waals surface area contributed by atoms with Crippen molar-refractivity contribution in [2.75, 3.05) is 19.6 Å². The van der Waals surface area contributed by atoms with Gasteiger partial charge in [-0.1, -0.05) is 20.8 Å². The first-order chi connectivity index (χ1) is 8.65. The molecule has 0 radical (unpaired) electrons. The predicted octanol–water partition coefficient (Wildman–Crippen LogP) is 4.18. The first kappa shape index (κ1) is 15.9. The fourth-order valence-corrected chi connectivity index (χ4v) is 3.10. The average molecular weight is 289 g/mol. The van der Waals surface area contributed by atoms with Crippen LogP contribution in [0.5, 0.6) is 0 Å². The molecule has 1 aromatic rings. The normalized spacial score (nSPS) is 11.7. The molecule has 0 spiro atoms. The Hall–Kier alpha value is -0.120. The van der Waals surface area contributed by atoms with Crippen molar-refractivity contribution in [3.05, 3.63) is 16.1 Å². The van der Waals surface area contributed by atoms with Crippen molar-refractivity contribution in [2.24, 2.45) is 5.92 Å². The number of aryl methyl sites for hydroxylation is 1. The Morgan fingerprint density at radius 3 is 2.72 bits per heavy atom. The summed E-state index contributed by atoms with van der Waals surface area (Å²) in [4.78, 5) is 7.03. The quantitative estimate of drug-likeness (QED) is 0.500. The van der Waals surface area contributed by atoms with E-state index in [1.165, 1.54) is 30.9 Å². The lowest BCUT2D eigenvalue weighted by Crippen LogP contribution is -2.28. The summed E-state index contributed by atoms with van der Waals surface area (Å²) in [6.07, 6.45) is 3.58. The van der Waals surface area contributed by atoms with E-state index in [0.717, 1.165) is 24.6 Å². The van der Waals surface area contributed by atoms with Gasteiger partial charge in [0.1, 0.15) is 0 Å². The molecule has 0 saturated heterocycles. The van der Waals surface area contributed by atoms with Crippen LogP contribution < -0.4 is 0 Å². The van der Waals surface area contributed by atoms with Crippen molar-refractivity contribution in [3.8, 4) is 0 Å². The van der Waals surface area contributed by atoms with E-state index < -0.39 is 0 Å². The Kier molecular flexibility index (Phi) is 7.87. The third-order valence-electron chi connectivity index (χ3n) is 2.92. The molecular weight excluding hydrogens is 264 g/mol. The van der Waals surface area contributed by atoms with E-state index in [4.69, 9.17) is 11.6 Å². The van der Waals surface area contributed by atoms with Gasteiger partial charge in [-0.2, -0.15) is 0 Å².